The van der Waals surface area contributed by atoms with Gasteiger partial charge < -0.3 is 15.0 Å². The normalized spacial score (nSPS) is 9.86. The molecule has 0 saturated carbocycles. The van der Waals surface area contributed by atoms with Crippen molar-refractivity contribution in [1.29, 1.82) is 0 Å². The van der Waals surface area contributed by atoms with E-state index >= 15 is 0 Å². The van der Waals surface area contributed by atoms with Gasteiger partial charge in [0.05, 0.1) is 5.69 Å². The number of rotatable bonds is 2. The van der Waals surface area contributed by atoms with E-state index in [0.29, 0.717) is 5.82 Å². The van der Waals surface area contributed by atoms with E-state index < -0.39 is 0 Å². The van der Waals surface area contributed by atoms with E-state index in [4.69, 9.17) is 0 Å². The Morgan fingerprint density at radius 2 is 1.57 bits per heavy atom. The van der Waals surface area contributed by atoms with Gasteiger partial charge in [-0.25, -0.2) is 0 Å². The van der Waals surface area contributed by atoms with Gasteiger partial charge in [0.25, 0.3) is 0 Å². The fraction of sp³-hybridized carbons (Fsp3) is 0. The maximum absolute atomic E-state index is 4.45. The van der Waals surface area contributed by atoms with Crippen molar-refractivity contribution in [3.05, 3.63) is 104 Å². The second kappa shape index (κ2) is 9.70. The van der Waals surface area contributed by atoms with Crippen LogP contribution in [0.15, 0.2) is 97.6 Å². The zero-order valence-electron chi connectivity index (χ0n) is 14.9. The van der Waals surface area contributed by atoms with Crippen molar-refractivity contribution in [2.45, 2.75) is 0 Å². The number of fused-ring (bicyclic) bond motifs is 1. The van der Waals surface area contributed by atoms with Crippen molar-refractivity contribution in [2.24, 2.45) is 0 Å². The summed E-state index contributed by atoms with van der Waals surface area (Å²) in [5.74, 6) is 0.686. The van der Waals surface area contributed by atoms with Crippen molar-refractivity contribution >= 4 is 10.8 Å². The molecule has 0 N–H and O–H groups in total. The number of aromatic nitrogens is 4. The molecule has 4 nitrogen and oxygen atoms in total. The smallest absolute Gasteiger partial charge is 0.0620 e. The maximum Gasteiger partial charge on any atom is 0.0620 e. The largest absolute Gasteiger partial charge is 0.441 e. The minimum absolute atomic E-state index is 0. The average Bonchev–Trinajstić information content (AvgIpc) is 3.30. The van der Waals surface area contributed by atoms with Crippen LogP contribution in [0.2, 0.25) is 0 Å². The standard InChI is InChI=1S/C15H10N.C8H6N3.Ir/c1-2-7-13(8-3-1)15-14-9-5-4-6-12(14)10-11-16-15;1-2-4-9-7(3-1)8-10-5-6-11-8;/h1-7,9-11H;1-6H;/q2*-1;. The minimum Gasteiger partial charge on any atom is -0.441 e. The molecule has 1 radical (unpaired) electrons. The monoisotopic (exact) mass is 541 g/mol. The summed E-state index contributed by atoms with van der Waals surface area (Å²) < 4.78 is 0. The van der Waals surface area contributed by atoms with E-state index in [1.165, 1.54) is 10.8 Å². The molecule has 5 heteroatoms. The van der Waals surface area contributed by atoms with E-state index in [2.05, 4.69) is 38.1 Å². The third-order valence-corrected chi connectivity index (χ3v) is 3.99. The molecule has 2 aromatic carbocycles. The second-order valence-corrected chi connectivity index (χ2v) is 5.75. The summed E-state index contributed by atoms with van der Waals surface area (Å²) in [6.45, 7) is 0. The molecule has 0 aliphatic rings. The summed E-state index contributed by atoms with van der Waals surface area (Å²) in [6.07, 6.45) is 6.89. The molecular weight excluding hydrogens is 524 g/mol. The molecule has 3 aromatic heterocycles. The fourth-order valence-corrected chi connectivity index (χ4v) is 2.74. The summed E-state index contributed by atoms with van der Waals surface area (Å²) in [6, 6.07) is 27.1. The summed E-state index contributed by atoms with van der Waals surface area (Å²) >= 11 is 0. The van der Waals surface area contributed by atoms with Crippen LogP contribution in [-0.2, 0) is 20.1 Å². The molecule has 0 bridgehead atoms. The van der Waals surface area contributed by atoms with E-state index in [1.54, 1.807) is 18.6 Å². The van der Waals surface area contributed by atoms with E-state index in [-0.39, 0.29) is 20.1 Å². The number of hydrogen-bond donors (Lipinski definition) is 0. The molecule has 5 rings (SSSR count). The van der Waals surface area contributed by atoms with Gasteiger partial charge in [-0.05, 0) is 40.5 Å². The molecule has 5 aromatic rings. The van der Waals surface area contributed by atoms with Crippen LogP contribution < -0.4 is 4.98 Å². The Morgan fingerprint density at radius 3 is 2.32 bits per heavy atom. The second-order valence-electron chi connectivity index (χ2n) is 5.75. The molecule has 28 heavy (non-hydrogen) atoms. The van der Waals surface area contributed by atoms with Gasteiger partial charge in [0.1, 0.15) is 0 Å². The van der Waals surface area contributed by atoms with Crippen LogP contribution in [0.3, 0.4) is 0 Å². The molecule has 0 saturated heterocycles. The topological polar surface area (TPSA) is 52.8 Å². The molecule has 0 fully saturated rings. The average molecular weight is 541 g/mol. The molecule has 139 valence electrons. The quantitative estimate of drug-likeness (QED) is 0.302. The SMILES string of the molecule is [Ir].[c-]1ccccc1-c1nccc2ccccc12.c1ccc(-c2ncc[n-]2)nc1. The number of pyridine rings is 2. The van der Waals surface area contributed by atoms with Gasteiger partial charge in [-0.3, -0.25) is 4.98 Å². The van der Waals surface area contributed by atoms with Crippen LogP contribution in [-0.4, -0.2) is 15.0 Å². The first kappa shape index (κ1) is 19.6. The Hall–Kier alpha value is -3.14. The van der Waals surface area contributed by atoms with E-state index in [1.807, 2.05) is 66.9 Å². The third kappa shape index (κ3) is 4.58. The van der Waals surface area contributed by atoms with Gasteiger partial charge in [0.2, 0.25) is 0 Å². The van der Waals surface area contributed by atoms with Gasteiger partial charge in [-0.15, -0.1) is 35.9 Å². The predicted molar refractivity (Wildman–Crippen MR) is 107 cm³/mol. The fourth-order valence-electron chi connectivity index (χ4n) is 2.74. The van der Waals surface area contributed by atoms with Gasteiger partial charge in [0, 0.05) is 32.5 Å². The van der Waals surface area contributed by atoms with Gasteiger partial charge in [-0.2, -0.15) is 0 Å². The molecule has 0 amide bonds. The molecule has 3 heterocycles. The van der Waals surface area contributed by atoms with Gasteiger partial charge in [0.15, 0.2) is 0 Å². The first-order valence-electron chi connectivity index (χ1n) is 8.58. The summed E-state index contributed by atoms with van der Waals surface area (Å²) in [5, 5.41) is 2.39. The van der Waals surface area contributed by atoms with Crippen LogP contribution in [0.4, 0.5) is 0 Å². The van der Waals surface area contributed by atoms with Crippen molar-refractivity contribution in [3.63, 3.8) is 0 Å². The molecule has 0 atom stereocenters. The first-order chi connectivity index (χ1) is 13.4. The Kier molecular flexibility index (Phi) is 6.79. The van der Waals surface area contributed by atoms with Crippen LogP contribution in [0, 0.1) is 6.07 Å². The predicted octanol–water partition coefficient (Wildman–Crippen LogP) is 4.80. The van der Waals surface area contributed by atoms with Crippen LogP contribution in [0.1, 0.15) is 0 Å². The van der Waals surface area contributed by atoms with Crippen molar-refractivity contribution in [1.82, 2.24) is 19.9 Å². The summed E-state index contributed by atoms with van der Waals surface area (Å²) in [5.41, 5.74) is 2.86. The van der Waals surface area contributed by atoms with Gasteiger partial charge in [-0.1, -0.05) is 42.7 Å². The summed E-state index contributed by atoms with van der Waals surface area (Å²) in [7, 11) is 0. The van der Waals surface area contributed by atoms with E-state index in [0.717, 1.165) is 17.0 Å². The van der Waals surface area contributed by atoms with Crippen LogP contribution in [0.25, 0.3) is 33.5 Å². The zero-order chi connectivity index (χ0) is 18.3. The molecular formula is C23H16IrN4-2. The van der Waals surface area contributed by atoms with Crippen molar-refractivity contribution < 1.29 is 20.1 Å². The van der Waals surface area contributed by atoms with E-state index in [9.17, 15) is 0 Å². The Bertz CT molecular complexity index is 1110. The van der Waals surface area contributed by atoms with Crippen molar-refractivity contribution in [3.8, 4) is 22.8 Å². The molecule has 0 aliphatic carbocycles. The number of nitrogens with zero attached hydrogens (tertiary/aromatic N) is 4. The van der Waals surface area contributed by atoms with Gasteiger partial charge >= 0.3 is 0 Å². The number of benzene rings is 2. The van der Waals surface area contributed by atoms with Crippen LogP contribution >= 0.6 is 0 Å². The summed E-state index contributed by atoms with van der Waals surface area (Å²) in [4.78, 5) is 16.6. The molecule has 0 unspecified atom stereocenters. The molecule has 0 spiro atoms. The van der Waals surface area contributed by atoms with Crippen molar-refractivity contribution in [2.75, 3.05) is 0 Å². The Morgan fingerprint density at radius 1 is 0.714 bits per heavy atom. The Balaban J connectivity index is 0.000000165. The third-order valence-electron chi connectivity index (χ3n) is 3.99. The van der Waals surface area contributed by atoms with Crippen LogP contribution in [0.5, 0.6) is 0 Å². The number of hydrogen-bond acceptors (Lipinski definition) is 3. The molecule has 0 aliphatic heterocycles. The zero-order valence-corrected chi connectivity index (χ0v) is 17.3. The maximum atomic E-state index is 4.45. The number of imidazole rings is 1. The minimum atomic E-state index is 0. The first-order valence-corrected chi connectivity index (χ1v) is 8.58. The Labute approximate surface area is 177 Å².